The predicted molar refractivity (Wildman–Crippen MR) is 119 cm³/mol. The minimum absolute atomic E-state index is 0.280. The summed E-state index contributed by atoms with van der Waals surface area (Å²) < 4.78 is 11.0. The molecule has 1 amide bonds. The van der Waals surface area contributed by atoms with Gasteiger partial charge in [0.15, 0.2) is 0 Å². The molecule has 0 N–H and O–H groups in total. The number of carbonyl (C=O) groups is 1. The number of hydrogen-bond acceptors (Lipinski definition) is 6. The zero-order valence-corrected chi connectivity index (χ0v) is 18.5. The Morgan fingerprint density at radius 3 is 2.47 bits per heavy atom. The molecule has 2 aliphatic rings. The molecule has 0 spiro atoms. The smallest absolute Gasteiger partial charge is 0.237 e. The van der Waals surface area contributed by atoms with Gasteiger partial charge in [-0.2, -0.15) is 0 Å². The highest BCUT2D eigenvalue weighted by atomic mass is 32.1. The first kappa shape index (κ1) is 21.2. The summed E-state index contributed by atoms with van der Waals surface area (Å²) in [5.41, 5.74) is 0. The van der Waals surface area contributed by atoms with Crippen molar-refractivity contribution in [2.45, 2.75) is 18.9 Å². The van der Waals surface area contributed by atoms with Gasteiger partial charge in [-0.15, -0.1) is 11.3 Å². The van der Waals surface area contributed by atoms with Crippen LogP contribution in [0.15, 0.2) is 41.8 Å². The maximum absolute atomic E-state index is 12.9. The third-order valence-electron chi connectivity index (χ3n) is 6.00. The van der Waals surface area contributed by atoms with Gasteiger partial charge in [-0.1, -0.05) is 6.07 Å². The fourth-order valence-electron chi connectivity index (χ4n) is 4.26. The number of benzene rings is 1. The van der Waals surface area contributed by atoms with Crippen molar-refractivity contribution < 1.29 is 14.3 Å². The van der Waals surface area contributed by atoms with Crippen molar-refractivity contribution in [1.82, 2.24) is 14.7 Å². The fourth-order valence-corrected chi connectivity index (χ4v) is 5.13. The monoisotopic (exact) mass is 429 g/mol. The Morgan fingerprint density at radius 2 is 1.77 bits per heavy atom. The van der Waals surface area contributed by atoms with Gasteiger partial charge >= 0.3 is 0 Å². The van der Waals surface area contributed by atoms with Gasteiger partial charge in [0.05, 0.1) is 19.7 Å². The summed E-state index contributed by atoms with van der Waals surface area (Å²) >= 11 is 1.76. The number of likely N-dealkylation sites (tertiary alicyclic amines) is 1. The van der Waals surface area contributed by atoms with Crippen molar-refractivity contribution >= 4 is 17.2 Å². The highest BCUT2D eigenvalue weighted by Crippen LogP contribution is 2.34. The molecule has 2 aromatic rings. The molecule has 1 aromatic heterocycles. The third kappa shape index (κ3) is 5.33. The Labute approximate surface area is 183 Å². The largest absolute Gasteiger partial charge is 0.497 e. The SMILES string of the molecule is COc1ccc(OCCN2CCN(CC(=O)N3CCC[C@H]3c3cccs3)CC2)cc1. The maximum atomic E-state index is 12.9. The van der Waals surface area contributed by atoms with Gasteiger partial charge in [0, 0.05) is 44.1 Å². The van der Waals surface area contributed by atoms with Gasteiger partial charge in [-0.25, -0.2) is 0 Å². The van der Waals surface area contributed by atoms with Crippen LogP contribution < -0.4 is 9.47 Å². The van der Waals surface area contributed by atoms with Crippen LogP contribution in [-0.4, -0.2) is 80.1 Å². The van der Waals surface area contributed by atoms with Gasteiger partial charge in [0.25, 0.3) is 0 Å². The van der Waals surface area contributed by atoms with Crippen molar-refractivity contribution in [3.05, 3.63) is 46.7 Å². The molecule has 2 aliphatic heterocycles. The highest BCUT2D eigenvalue weighted by Gasteiger charge is 2.31. The number of hydrogen-bond donors (Lipinski definition) is 0. The number of rotatable bonds is 8. The molecule has 1 aromatic carbocycles. The van der Waals surface area contributed by atoms with Crippen LogP contribution in [0.4, 0.5) is 0 Å². The molecule has 0 aliphatic carbocycles. The molecule has 3 heterocycles. The third-order valence-corrected chi connectivity index (χ3v) is 6.98. The van der Waals surface area contributed by atoms with Crippen molar-refractivity contribution in [2.75, 3.05) is 59.5 Å². The minimum atomic E-state index is 0.280. The highest BCUT2D eigenvalue weighted by molar-refractivity contribution is 7.10. The topological polar surface area (TPSA) is 45.3 Å². The van der Waals surface area contributed by atoms with Gasteiger partial charge in [-0.05, 0) is 48.6 Å². The van der Waals surface area contributed by atoms with Gasteiger partial charge < -0.3 is 14.4 Å². The lowest BCUT2D eigenvalue weighted by atomic mass is 10.2. The molecule has 0 saturated carbocycles. The van der Waals surface area contributed by atoms with Crippen LogP contribution in [0.25, 0.3) is 0 Å². The number of thiophene rings is 1. The van der Waals surface area contributed by atoms with Crippen LogP contribution in [0.5, 0.6) is 11.5 Å². The van der Waals surface area contributed by atoms with Crippen LogP contribution in [0, 0.1) is 0 Å². The molecule has 0 bridgehead atoms. The van der Waals surface area contributed by atoms with Crippen LogP contribution in [0.1, 0.15) is 23.8 Å². The molecule has 4 rings (SSSR count). The van der Waals surface area contributed by atoms with Gasteiger partial charge in [0.2, 0.25) is 5.91 Å². The van der Waals surface area contributed by atoms with Crippen molar-refractivity contribution in [1.29, 1.82) is 0 Å². The zero-order chi connectivity index (χ0) is 20.8. The van der Waals surface area contributed by atoms with Gasteiger partial charge in [-0.3, -0.25) is 14.6 Å². The van der Waals surface area contributed by atoms with E-state index in [4.69, 9.17) is 9.47 Å². The second kappa shape index (κ2) is 10.3. The van der Waals surface area contributed by atoms with E-state index in [2.05, 4.69) is 32.2 Å². The molecular weight excluding hydrogens is 398 g/mol. The average Bonchev–Trinajstić information content (AvgIpc) is 3.47. The summed E-state index contributed by atoms with van der Waals surface area (Å²) in [6, 6.07) is 12.2. The van der Waals surface area contributed by atoms with E-state index < -0.39 is 0 Å². The van der Waals surface area contributed by atoms with E-state index in [0.29, 0.717) is 13.2 Å². The molecular formula is C23H31N3O3S. The van der Waals surface area contributed by atoms with Crippen LogP contribution in [0.3, 0.4) is 0 Å². The van der Waals surface area contributed by atoms with Crippen molar-refractivity contribution in [2.24, 2.45) is 0 Å². The number of methoxy groups -OCH3 is 1. The van der Waals surface area contributed by atoms with E-state index in [1.807, 2.05) is 24.3 Å². The first-order chi connectivity index (χ1) is 14.7. The Hall–Kier alpha value is -2.09. The Balaban J connectivity index is 1.17. The van der Waals surface area contributed by atoms with E-state index in [9.17, 15) is 4.79 Å². The van der Waals surface area contributed by atoms with E-state index >= 15 is 0 Å². The number of carbonyl (C=O) groups excluding carboxylic acids is 1. The van der Waals surface area contributed by atoms with Crippen LogP contribution in [0.2, 0.25) is 0 Å². The second-order valence-electron chi connectivity index (χ2n) is 7.90. The average molecular weight is 430 g/mol. The molecule has 2 fully saturated rings. The standard InChI is InChI=1S/C23H31N3O3S/c1-28-19-6-8-20(9-7-19)29-16-15-24-11-13-25(14-12-24)18-23(27)26-10-2-4-21(26)22-5-3-17-30-22/h3,5-9,17,21H,2,4,10-16,18H2,1H3/t21-/m0/s1. The molecule has 30 heavy (non-hydrogen) atoms. The second-order valence-corrected chi connectivity index (χ2v) is 8.88. The molecule has 2 saturated heterocycles. The summed E-state index contributed by atoms with van der Waals surface area (Å²) in [5.74, 6) is 1.98. The predicted octanol–water partition coefficient (Wildman–Crippen LogP) is 3.12. The maximum Gasteiger partial charge on any atom is 0.237 e. The van der Waals surface area contributed by atoms with E-state index in [-0.39, 0.29) is 11.9 Å². The fraction of sp³-hybridized carbons (Fsp3) is 0.522. The van der Waals surface area contributed by atoms with Crippen molar-refractivity contribution in [3.63, 3.8) is 0 Å². The quantitative estimate of drug-likeness (QED) is 0.645. The van der Waals surface area contributed by atoms with E-state index in [1.54, 1.807) is 18.4 Å². The van der Waals surface area contributed by atoms with Crippen molar-refractivity contribution in [3.8, 4) is 11.5 Å². The zero-order valence-electron chi connectivity index (χ0n) is 17.7. The Bertz CT molecular complexity index is 789. The first-order valence-corrected chi connectivity index (χ1v) is 11.7. The molecule has 0 unspecified atom stereocenters. The number of piperazine rings is 1. The molecule has 1 atom stereocenters. The van der Waals surface area contributed by atoms with E-state index in [0.717, 1.165) is 63.6 Å². The number of amides is 1. The normalized spacial score (nSPS) is 20.4. The van der Waals surface area contributed by atoms with Crippen LogP contribution in [-0.2, 0) is 4.79 Å². The summed E-state index contributed by atoms with van der Waals surface area (Å²) in [6.45, 7) is 6.84. The summed E-state index contributed by atoms with van der Waals surface area (Å²) in [7, 11) is 1.66. The molecule has 162 valence electrons. The Kier molecular flexibility index (Phi) is 7.25. The van der Waals surface area contributed by atoms with Crippen LogP contribution >= 0.6 is 11.3 Å². The van der Waals surface area contributed by atoms with Gasteiger partial charge in [0.1, 0.15) is 18.1 Å². The molecule has 6 nitrogen and oxygen atoms in total. The summed E-state index contributed by atoms with van der Waals surface area (Å²) in [4.78, 5) is 21.1. The number of ether oxygens (including phenoxy) is 2. The number of nitrogens with zero attached hydrogens (tertiary/aromatic N) is 3. The lowest BCUT2D eigenvalue weighted by Gasteiger charge is -2.35. The van der Waals surface area contributed by atoms with E-state index in [1.165, 1.54) is 4.88 Å². The Morgan fingerprint density at radius 1 is 1.03 bits per heavy atom. The lowest BCUT2D eigenvalue weighted by Crippen LogP contribution is -2.50. The minimum Gasteiger partial charge on any atom is -0.497 e. The lowest BCUT2D eigenvalue weighted by molar-refractivity contribution is -0.133. The summed E-state index contributed by atoms with van der Waals surface area (Å²) in [5, 5.41) is 2.11. The first-order valence-electron chi connectivity index (χ1n) is 10.8. The molecule has 7 heteroatoms. The summed E-state index contributed by atoms with van der Waals surface area (Å²) in [6.07, 6.45) is 2.20. The molecule has 0 radical (unpaired) electrons.